The smallest absolute Gasteiger partial charge is 0.00441 e. The van der Waals surface area contributed by atoms with Gasteiger partial charge in [0.05, 0.1) is 0 Å². The molecule has 0 bridgehead atoms. The summed E-state index contributed by atoms with van der Waals surface area (Å²) in [6, 6.07) is 0.844. The normalized spacial score (nSPS) is 37.7. The Hall–Kier alpha value is -0.0800. The van der Waals surface area contributed by atoms with Gasteiger partial charge in [0, 0.05) is 12.1 Å². The van der Waals surface area contributed by atoms with Crippen LogP contribution in [-0.4, -0.2) is 12.1 Å². The van der Waals surface area contributed by atoms with Crippen molar-refractivity contribution in [2.45, 2.75) is 38.3 Å². The van der Waals surface area contributed by atoms with Gasteiger partial charge in [0.1, 0.15) is 0 Å². The fraction of sp³-hybridized carbons (Fsp3) is 1.00. The van der Waals surface area contributed by atoms with Crippen LogP contribution in [0.4, 0.5) is 0 Å². The van der Waals surface area contributed by atoms with Crippen LogP contribution in [0.1, 0.15) is 26.2 Å². The number of nitrogens with two attached hydrogens (primary N) is 2. The van der Waals surface area contributed by atoms with Crippen molar-refractivity contribution >= 4 is 0 Å². The van der Waals surface area contributed by atoms with Gasteiger partial charge >= 0.3 is 0 Å². The van der Waals surface area contributed by atoms with Crippen molar-refractivity contribution in [1.82, 2.24) is 0 Å². The van der Waals surface area contributed by atoms with Gasteiger partial charge in [0.25, 0.3) is 0 Å². The molecule has 4 N–H and O–H groups in total. The Morgan fingerprint density at radius 2 is 2.11 bits per heavy atom. The van der Waals surface area contributed by atoms with Gasteiger partial charge in [0.15, 0.2) is 0 Å². The molecule has 0 heterocycles. The zero-order valence-electron chi connectivity index (χ0n) is 6.01. The second-order valence-corrected chi connectivity index (χ2v) is 3.31. The molecule has 0 saturated heterocycles. The fourth-order valence-electron chi connectivity index (χ4n) is 1.51. The zero-order valence-corrected chi connectivity index (χ0v) is 6.01. The SMILES string of the molecule is CC(N)CC1CC(N)C1. The highest BCUT2D eigenvalue weighted by Gasteiger charge is 2.25. The number of rotatable bonds is 2. The molecule has 54 valence electrons. The maximum absolute atomic E-state index is 5.61. The first-order valence-corrected chi connectivity index (χ1v) is 3.69. The van der Waals surface area contributed by atoms with Gasteiger partial charge < -0.3 is 11.5 Å². The second kappa shape index (κ2) is 2.67. The van der Waals surface area contributed by atoms with Crippen molar-refractivity contribution in [3.05, 3.63) is 0 Å². The summed E-state index contributed by atoms with van der Waals surface area (Å²) in [6.07, 6.45) is 3.55. The van der Waals surface area contributed by atoms with E-state index in [0.717, 1.165) is 12.3 Å². The first-order valence-electron chi connectivity index (χ1n) is 3.69. The van der Waals surface area contributed by atoms with Crippen LogP contribution in [0.2, 0.25) is 0 Å². The average Bonchev–Trinajstić information content (AvgIpc) is 1.60. The summed E-state index contributed by atoms with van der Waals surface area (Å²) < 4.78 is 0. The highest BCUT2D eigenvalue weighted by molar-refractivity contribution is 4.83. The second-order valence-electron chi connectivity index (χ2n) is 3.31. The average molecular weight is 128 g/mol. The van der Waals surface area contributed by atoms with Crippen LogP contribution in [0.15, 0.2) is 0 Å². The van der Waals surface area contributed by atoms with Gasteiger partial charge in [-0.3, -0.25) is 0 Å². The molecule has 0 radical (unpaired) electrons. The predicted molar refractivity (Wildman–Crippen MR) is 39.0 cm³/mol. The topological polar surface area (TPSA) is 52.0 Å². The quantitative estimate of drug-likeness (QED) is 0.567. The van der Waals surface area contributed by atoms with Gasteiger partial charge in [-0.2, -0.15) is 0 Å². The number of hydrogen-bond donors (Lipinski definition) is 2. The lowest BCUT2D eigenvalue weighted by atomic mass is 9.77. The summed E-state index contributed by atoms with van der Waals surface area (Å²) >= 11 is 0. The largest absolute Gasteiger partial charge is 0.328 e. The van der Waals surface area contributed by atoms with Gasteiger partial charge in [-0.05, 0) is 32.1 Å². The molecule has 9 heavy (non-hydrogen) atoms. The molecule has 1 unspecified atom stereocenters. The minimum Gasteiger partial charge on any atom is -0.328 e. The summed E-state index contributed by atoms with van der Waals surface area (Å²) in [7, 11) is 0. The monoisotopic (exact) mass is 128 g/mol. The Kier molecular flexibility index (Phi) is 2.09. The van der Waals surface area contributed by atoms with Crippen molar-refractivity contribution < 1.29 is 0 Å². The molecule has 1 rings (SSSR count). The van der Waals surface area contributed by atoms with Crippen molar-refractivity contribution in [3.8, 4) is 0 Å². The molecule has 2 heteroatoms. The van der Waals surface area contributed by atoms with E-state index in [9.17, 15) is 0 Å². The van der Waals surface area contributed by atoms with Crippen LogP contribution in [-0.2, 0) is 0 Å². The highest BCUT2D eigenvalue weighted by Crippen LogP contribution is 2.28. The van der Waals surface area contributed by atoms with Crippen LogP contribution in [0.5, 0.6) is 0 Å². The predicted octanol–water partition coefficient (Wildman–Crippen LogP) is 0.461. The highest BCUT2D eigenvalue weighted by atomic mass is 14.7. The Labute approximate surface area is 56.6 Å². The third-order valence-electron chi connectivity index (χ3n) is 1.98. The maximum atomic E-state index is 5.61. The zero-order chi connectivity index (χ0) is 6.85. The summed E-state index contributed by atoms with van der Waals surface area (Å²) in [5, 5.41) is 0. The molecular formula is C7H16N2. The summed E-state index contributed by atoms with van der Waals surface area (Å²) in [4.78, 5) is 0. The minimum absolute atomic E-state index is 0.363. The Morgan fingerprint density at radius 1 is 1.56 bits per heavy atom. The summed E-state index contributed by atoms with van der Waals surface area (Å²) in [5.74, 6) is 0.833. The van der Waals surface area contributed by atoms with Crippen LogP contribution in [0, 0.1) is 5.92 Å². The van der Waals surface area contributed by atoms with Crippen LogP contribution >= 0.6 is 0 Å². The standard InChI is InChI=1S/C7H16N2/c1-5(8)2-6-3-7(9)4-6/h5-7H,2-4,8-9H2,1H3. The third-order valence-corrected chi connectivity index (χ3v) is 1.98. The van der Waals surface area contributed by atoms with Crippen LogP contribution < -0.4 is 11.5 Å². The van der Waals surface area contributed by atoms with Crippen molar-refractivity contribution in [2.24, 2.45) is 17.4 Å². The van der Waals surface area contributed by atoms with Crippen LogP contribution in [0.3, 0.4) is 0 Å². The molecule has 1 atom stereocenters. The molecule has 0 aliphatic heterocycles. The first kappa shape index (κ1) is 7.03. The van der Waals surface area contributed by atoms with E-state index >= 15 is 0 Å². The van der Waals surface area contributed by atoms with E-state index in [1.807, 2.05) is 0 Å². The van der Waals surface area contributed by atoms with Gasteiger partial charge in [-0.25, -0.2) is 0 Å². The molecule has 1 aliphatic carbocycles. The Balaban J connectivity index is 2.04. The van der Waals surface area contributed by atoms with E-state index in [2.05, 4.69) is 6.92 Å². The molecule has 0 aromatic rings. The van der Waals surface area contributed by atoms with Crippen LogP contribution in [0.25, 0.3) is 0 Å². The molecule has 0 spiro atoms. The lowest BCUT2D eigenvalue weighted by Crippen LogP contribution is -2.38. The van der Waals surface area contributed by atoms with Gasteiger partial charge in [0.2, 0.25) is 0 Å². The van der Waals surface area contributed by atoms with Crippen molar-refractivity contribution in [2.75, 3.05) is 0 Å². The Bertz CT molecular complexity index is 84.9. The van der Waals surface area contributed by atoms with E-state index in [0.29, 0.717) is 12.1 Å². The Morgan fingerprint density at radius 3 is 2.44 bits per heavy atom. The van der Waals surface area contributed by atoms with E-state index in [4.69, 9.17) is 11.5 Å². The van der Waals surface area contributed by atoms with E-state index < -0.39 is 0 Å². The summed E-state index contributed by atoms with van der Waals surface area (Å²) in [5.41, 5.74) is 11.2. The molecule has 1 saturated carbocycles. The molecule has 1 aliphatic rings. The molecule has 1 fully saturated rings. The first-order chi connectivity index (χ1) is 4.18. The fourth-order valence-corrected chi connectivity index (χ4v) is 1.51. The molecule has 0 aromatic carbocycles. The number of hydrogen-bond acceptors (Lipinski definition) is 2. The van der Waals surface area contributed by atoms with Crippen molar-refractivity contribution in [3.63, 3.8) is 0 Å². The van der Waals surface area contributed by atoms with E-state index in [1.54, 1.807) is 0 Å². The molecule has 0 amide bonds. The van der Waals surface area contributed by atoms with Crippen molar-refractivity contribution in [1.29, 1.82) is 0 Å². The maximum Gasteiger partial charge on any atom is 0.00441 e. The lowest BCUT2D eigenvalue weighted by Gasteiger charge is -2.33. The van der Waals surface area contributed by atoms with E-state index in [1.165, 1.54) is 12.8 Å². The summed E-state index contributed by atoms with van der Waals surface area (Å²) in [6.45, 7) is 2.06. The molecule has 2 nitrogen and oxygen atoms in total. The van der Waals surface area contributed by atoms with E-state index in [-0.39, 0.29) is 0 Å². The lowest BCUT2D eigenvalue weighted by molar-refractivity contribution is 0.239. The molecule has 0 aromatic heterocycles. The van der Waals surface area contributed by atoms with Gasteiger partial charge in [-0.15, -0.1) is 0 Å². The minimum atomic E-state index is 0.363. The molecular weight excluding hydrogens is 112 g/mol. The van der Waals surface area contributed by atoms with Gasteiger partial charge in [-0.1, -0.05) is 0 Å². The third kappa shape index (κ3) is 1.95.